The topological polar surface area (TPSA) is 49.4 Å². The van der Waals surface area contributed by atoms with Gasteiger partial charge in [-0.2, -0.15) is 0 Å². The van der Waals surface area contributed by atoms with Crippen molar-refractivity contribution in [1.29, 1.82) is 0 Å². The lowest BCUT2D eigenvalue weighted by atomic mass is 10.1. The molecule has 4 nitrogen and oxygen atoms in total. The zero-order valence-electron chi connectivity index (χ0n) is 9.78. The van der Waals surface area contributed by atoms with Crippen LogP contribution in [0, 0.1) is 0 Å². The van der Waals surface area contributed by atoms with Gasteiger partial charge < -0.3 is 5.32 Å². The largest absolute Gasteiger partial charge is 0.315 e. The summed E-state index contributed by atoms with van der Waals surface area (Å²) in [5.74, 6) is -0.332. The Labute approximate surface area is 113 Å². The molecule has 2 aliphatic rings. The Kier molecular flexibility index (Phi) is 2.95. The van der Waals surface area contributed by atoms with Gasteiger partial charge in [-0.1, -0.05) is 6.07 Å². The first-order valence-electron chi connectivity index (χ1n) is 6.07. The molecule has 1 unspecified atom stereocenters. The SMILES string of the molecule is O=C1c2cccc(Br)c2C(=O)N1C1CCCNC1. The number of halogens is 1. The molecule has 1 aromatic rings. The number of carbonyl (C=O) groups is 2. The second-order valence-corrected chi connectivity index (χ2v) is 5.50. The average Bonchev–Trinajstić information content (AvgIpc) is 2.64. The van der Waals surface area contributed by atoms with Gasteiger partial charge in [0.1, 0.15) is 0 Å². The van der Waals surface area contributed by atoms with E-state index in [1.54, 1.807) is 18.2 Å². The number of fused-ring (bicyclic) bond motifs is 1. The van der Waals surface area contributed by atoms with Crippen molar-refractivity contribution in [3.05, 3.63) is 33.8 Å². The molecule has 1 atom stereocenters. The van der Waals surface area contributed by atoms with Gasteiger partial charge in [0, 0.05) is 11.0 Å². The summed E-state index contributed by atoms with van der Waals surface area (Å²) in [4.78, 5) is 26.1. The standard InChI is InChI=1S/C13H13BrN2O2/c14-10-5-1-4-9-11(10)13(18)16(12(9)17)8-3-2-6-15-7-8/h1,4-5,8,15H,2-3,6-7H2. The monoisotopic (exact) mass is 308 g/mol. The fraction of sp³-hybridized carbons (Fsp3) is 0.385. The lowest BCUT2D eigenvalue weighted by Crippen LogP contribution is -2.48. The molecule has 1 N–H and O–H groups in total. The van der Waals surface area contributed by atoms with E-state index in [4.69, 9.17) is 0 Å². The third kappa shape index (κ3) is 1.69. The zero-order chi connectivity index (χ0) is 12.7. The Balaban J connectivity index is 1.99. The van der Waals surface area contributed by atoms with Crippen LogP contribution < -0.4 is 5.32 Å². The summed E-state index contributed by atoms with van der Waals surface area (Å²) in [7, 11) is 0. The summed E-state index contributed by atoms with van der Waals surface area (Å²) in [6.07, 6.45) is 1.88. The molecule has 1 saturated heterocycles. The number of hydrogen-bond donors (Lipinski definition) is 1. The van der Waals surface area contributed by atoms with Gasteiger partial charge >= 0.3 is 0 Å². The van der Waals surface area contributed by atoms with Gasteiger partial charge in [0.25, 0.3) is 11.8 Å². The molecule has 18 heavy (non-hydrogen) atoms. The average molecular weight is 309 g/mol. The van der Waals surface area contributed by atoms with Crippen LogP contribution in [0.3, 0.4) is 0 Å². The summed E-state index contributed by atoms with van der Waals surface area (Å²) in [6, 6.07) is 5.29. The van der Waals surface area contributed by atoms with Gasteiger partial charge in [-0.15, -0.1) is 0 Å². The van der Waals surface area contributed by atoms with Gasteiger partial charge in [0.15, 0.2) is 0 Å². The van der Waals surface area contributed by atoms with E-state index in [1.165, 1.54) is 4.90 Å². The van der Waals surface area contributed by atoms with Crippen molar-refractivity contribution in [2.45, 2.75) is 18.9 Å². The molecule has 3 rings (SSSR count). The van der Waals surface area contributed by atoms with E-state index in [0.717, 1.165) is 19.4 Å². The van der Waals surface area contributed by atoms with Crippen LogP contribution in [-0.2, 0) is 0 Å². The smallest absolute Gasteiger partial charge is 0.263 e. The van der Waals surface area contributed by atoms with Crippen molar-refractivity contribution in [2.75, 3.05) is 13.1 Å². The minimum atomic E-state index is -0.170. The number of nitrogens with one attached hydrogen (secondary N) is 1. The van der Waals surface area contributed by atoms with Crippen LogP contribution in [0.1, 0.15) is 33.6 Å². The highest BCUT2D eigenvalue weighted by Crippen LogP contribution is 2.31. The molecule has 1 aromatic carbocycles. The van der Waals surface area contributed by atoms with Crippen LogP contribution in [0.25, 0.3) is 0 Å². The molecule has 1 fully saturated rings. The minimum absolute atomic E-state index is 0.0157. The number of amides is 2. The van der Waals surface area contributed by atoms with Gasteiger partial charge in [-0.3, -0.25) is 14.5 Å². The van der Waals surface area contributed by atoms with Crippen molar-refractivity contribution >= 4 is 27.7 Å². The fourth-order valence-corrected chi connectivity index (χ4v) is 3.18. The quantitative estimate of drug-likeness (QED) is 0.805. The highest BCUT2D eigenvalue weighted by molar-refractivity contribution is 9.10. The molecule has 0 aliphatic carbocycles. The molecule has 0 bridgehead atoms. The number of rotatable bonds is 1. The molecule has 5 heteroatoms. The van der Waals surface area contributed by atoms with Crippen molar-refractivity contribution in [1.82, 2.24) is 10.2 Å². The lowest BCUT2D eigenvalue weighted by molar-refractivity contribution is 0.0560. The Morgan fingerprint density at radius 2 is 2.11 bits per heavy atom. The number of benzene rings is 1. The molecule has 2 aliphatic heterocycles. The molecule has 94 valence electrons. The van der Waals surface area contributed by atoms with Crippen molar-refractivity contribution in [2.24, 2.45) is 0 Å². The molecule has 2 amide bonds. The van der Waals surface area contributed by atoms with Gasteiger partial charge in [0.05, 0.1) is 17.2 Å². The molecule has 0 saturated carbocycles. The Hall–Kier alpha value is -1.20. The number of hydrogen-bond acceptors (Lipinski definition) is 3. The first kappa shape index (κ1) is 11.9. The lowest BCUT2D eigenvalue weighted by Gasteiger charge is -2.29. The van der Waals surface area contributed by atoms with E-state index < -0.39 is 0 Å². The minimum Gasteiger partial charge on any atom is -0.315 e. The maximum Gasteiger partial charge on any atom is 0.263 e. The van der Waals surface area contributed by atoms with Crippen molar-refractivity contribution in [3.63, 3.8) is 0 Å². The zero-order valence-corrected chi connectivity index (χ0v) is 11.4. The first-order chi connectivity index (χ1) is 8.70. The predicted octanol–water partition coefficient (Wildman–Crippen LogP) is 1.80. The second-order valence-electron chi connectivity index (χ2n) is 4.64. The van der Waals surface area contributed by atoms with E-state index in [-0.39, 0.29) is 17.9 Å². The van der Waals surface area contributed by atoms with E-state index in [1.807, 2.05) is 0 Å². The summed E-state index contributed by atoms with van der Waals surface area (Å²) in [5.41, 5.74) is 1.02. The van der Waals surface area contributed by atoms with Crippen LogP contribution in [-0.4, -0.2) is 35.8 Å². The van der Waals surface area contributed by atoms with E-state index in [9.17, 15) is 9.59 Å². The fourth-order valence-electron chi connectivity index (χ4n) is 2.65. The number of imide groups is 1. The molecule has 0 spiro atoms. The number of nitrogens with zero attached hydrogens (tertiary/aromatic N) is 1. The number of piperidine rings is 1. The van der Waals surface area contributed by atoms with Gasteiger partial charge in [-0.25, -0.2) is 0 Å². The maximum absolute atomic E-state index is 12.4. The first-order valence-corrected chi connectivity index (χ1v) is 6.86. The third-order valence-corrected chi connectivity index (χ3v) is 4.19. The molecule has 2 heterocycles. The molecular weight excluding hydrogens is 296 g/mol. The van der Waals surface area contributed by atoms with Gasteiger partial charge in [-0.05, 0) is 47.4 Å². The number of carbonyl (C=O) groups excluding carboxylic acids is 2. The highest BCUT2D eigenvalue weighted by atomic mass is 79.9. The Bertz CT molecular complexity index is 524. The third-order valence-electron chi connectivity index (χ3n) is 3.53. The van der Waals surface area contributed by atoms with E-state index in [2.05, 4.69) is 21.2 Å². The molecule has 0 radical (unpaired) electrons. The van der Waals surface area contributed by atoms with Crippen LogP contribution in [0.4, 0.5) is 0 Å². The van der Waals surface area contributed by atoms with Crippen molar-refractivity contribution in [3.8, 4) is 0 Å². The summed E-state index contributed by atoms with van der Waals surface area (Å²) >= 11 is 3.35. The summed E-state index contributed by atoms with van der Waals surface area (Å²) in [6.45, 7) is 1.66. The molecular formula is C13H13BrN2O2. The van der Waals surface area contributed by atoms with Gasteiger partial charge in [0.2, 0.25) is 0 Å². The normalized spacial score (nSPS) is 23.4. The van der Waals surface area contributed by atoms with Crippen LogP contribution in [0.15, 0.2) is 22.7 Å². The van der Waals surface area contributed by atoms with E-state index in [0.29, 0.717) is 22.1 Å². The maximum atomic E-state index is 12.4. The Morgan fingerprint density at radius 1 is 1.28 bits per heavy atom. The van der Waals surface area contributed by atoms with E-state index >= 15 is 0 Å². The summed E-state index contributed by atoms with van der Waals surface area (Å²) < 4.78 is 0.699. The van der Waals surface area contributed by atoms with Crippen LogP contribution in [0.2, 0.25) is 0 Å². The van der Waals surface area contributed by atoms with Crippen LogP contribution in [0.5, 0.6) is 0 Å². The van der Waals surface area contributed by atoms with Crippen LogP contribution >= 0.6 is 15.9 Å². The predicted molar refractivity (Wildman–Crippen MR) is 70.5 cm³/mol. The summed E-state index contributed by atoms with van der Waals surface area (Å²) in [5, 5.41) is 3.24. The second kappa shape index (κ2) is 4.48. The highest BCUT2D eigenvalue weighted by Gasteiger charge is 2.41. The van der Waals surface area contributed by atoms with Crippen molar-refractivity contribution < 1.29 is 9.59 Å². The Morgan fingerprint density at radius 3 is 2.78 bits per heavy atom. The molecule has 0 aromatic heterocycles.